The molecule has 0 fully saturated rings. The predicted octanol–water partition coefficient (Wildman–Crippen LogP) is 5.08. The van der Waals surface area contributed by atoms with Gasteiger partial charge in [0.15, 0.2) is 0 Å². The average Bonchev–Trinajstić information content (AvgIpc) is 2.46. The molecule has 0 rings (SSSR count). The third-order valence-corrected chi connectivity index (χ3v) is 3.53. The standard InChI is InChI=1S/C19H34N2/c1-8-11-12-13-17(9-2)16(6)14-19(20-7)18(10-3)21-15(4)5/h11-13,15,18,21H,6,8-10,14H2,1-5,7H3/b12-11+,17-13-,20-19+. The van der Waals surface area contributed by atoms with Gasteiger partial charge in [0.25, 0.3) is 0 Å². The van der Waals surface area contributed by atoms with Crippen LogP contribution in [-0.2, 0) is 0 Å². The smallest absolute Gasteiger partial charge is 0.0453 e. The first kappa shape index (κ1) is 19.9. The first-order valence-electron chi connectivity index (χ1n) is 8.25. The van der Waals surface area contributed by atoms with Gasteiger partial charge in [-0.2, -0.15) is 0 Å². The quantitative estimate of drug-likeness (QED) is 0.440. The van der Waals surface area contributed by atoms with Gasteiger partial charge in [0, 0.05) is 31.3 Å². The first-order chi connectivity index (χ1) is 9.99. The van der Waals surface area contributed by atoms with Gasteiger partial charge in [-0.25, -0.2) is 0 Å². The van der Waals surface area contributed by atoms with Crippen LogP contribution in [0.4, 0.5) is 0 Å². The van der Waals surface area contributed by atoms with Crippen molar-refractivity contribution in [2.45, 2.75) is 72.4 Å². The van der Waals surface area contributed by atoms with E-state index >= 15 is 0 Å². The fourth-order valence-corrected chi connectivity index (χ4v) is 2.35. The van der Waals surface area contributed by atoms with Crippen LogP contribution in [-0.4, -0.2) is 24.8 Å². The maximum absolute atomic E-state index is 4.51. The van der Waals surface area contributed by atoms with Gasteiger partial charge in [-0.15, -0.1) is 0 Å². The van der Waals surface area contributed by atoms with E-state index in [1.807, 2.05) is 7.05 Å². The Kier molecular flexibility index (Phi) is 10.9. The second-order valence-corrected chi connectivity index (χ2v) is 5.66. The molecule has 0 aliphatic rings. The summed E-state index contributed by atoms with van der Waals surface area (Å²) in [6, 6.07) is 0.810. The van der Waals surface area contributed by atoms with E-state index in [1.165, 1.54) is 16.9 Å². The van der Waals surface area contributed by atoms with E-state index in [9.17, 15) is 0 Å². The molecule has 0 spiro atoms. The molecule has 2 nitrogen and oxygen atoms in total. The van der Waals surface area contributed by atoms with Crippen molar-refractivity contribution in [1.82, 2.24) is 5.32 Å². The van der Waals surface area contributed by atoms with Crippen molar-refractivity contribution in [3.8, 4) is 0 Å². The van der Waals surface area contributed by atoms with E-state index in [1.54, 1.807) is 0 Å². The molecule has 21 heavy (non-hydrogen) atoms. The normalized spacial score (nSPS) is 15.0. The van der Waals surface area contributed by atoms with Gasteiger partial charge in [-0.1, -0.05) is 59.4 Å². The van der Waals surface area contributed by atoms with Crippen molar-refractivity contribution in [2.24, 2.45) is 4.99 Å². The van der Waals surface area contributed by atoms with E-state index in [-0.39, 0.29) is 0 Å². The summed E-state index contributed by atoms with van der Waals surface area (Å²) in [5.41, 5.74) is 3.71. The molecule has 0 aromatic heterocycles. The van der Waals surface area contributed by atoms with Crippen LogP contribution in [0.1, 0.15) is 60.3 Å². The number of hydrogen-bond acceptors (Lipinski definition) is 2. The average molecular weight is 290 g/mol. The van der Waals surface area contributed by atoms with Gasteiger partial charge in [-0.05, 0) is 30.4 Å². The number of rotatable bonds is 10. The lowest BCUT2D eigenvalue weighted by Gasteiger charge is -2.23. The molecule has 0 heterocycles. The fourth-order valence-electron chi connectivity index (χ4n) is 2.35. The monoisotopic (exact) mass is 290 g/mol. The summed E-state index contributed by atoms with van der Waals surface area (Å²) < 4.78 is 0. The summed E-state index contributed by atoms with van der Waals surface area (Å²) in [4.78, 5) is 4.51. The Labute approximate surface area is 132 Å². The van der Waals surface area contributed by atoms with E-state index < -0.39 is 0 Å². The Morgan fingerprint density at radius 1 is 1.24 bits per heavy atom. The van der Waals surface area contributed by atoms with Crippen molar-refractivity contribution < 1.29 is 0 Å². The summed E-state index contributed by atoms with van der Waals surface area (Å²) in [5.74, 6) is 0. The molecule has 0 saturated carbocycles. The number of nitrogens with one attached hydrogen (secondary N) is 1. The lowest BCUT2D eigenvalue weighted by atomic mass is 9.95. The van der Waals surface area contributed by atoms with Crippen molar-refractivity contribution in [1.29, 1.82) is 0 Å². The van der Waals surface area contributed by atoms with Gasteiger partial charge in [-0.3, -0.25) is 4.99 Å². The number of aliphatic imine (C=N–C) groups is 1. The van der Waals surface area contributed by atoms with E-state index in [0.717, 1.165) is 25.7 Å². The molecule has 120 valence electrons. The minimum atomic E-state index is 0.344. The summed E-state index contributed by atoms with van der Waals surface area (Å²) in [6.07, 6.45) is 10.5. The molecule has 0 aromatic carbocycles. The molecule has 0 amide bonds. The van der Waals surface area contributed by atoms with E-state index in [0.29, 0.717) is 12.1 Å². The molecule has 0 aliphatic heterocycles. The third-order valence-electron chi connectivity index (χ3n) is 3.53. The van der Waals surface area contributed by atoms with Crippen LogP contribution < -0.4 is 5.32 Å². The van der Waals surface area contributed by atoms with Crippen molar-refractivity contribution in [3.63, 3.8) is 0 Å². The molecular weight excluding hydrogens is 256 g/mol. The highest BCUT2D eigenvalue weighted by atomic mass is 15.0. The molecule has 0 saturated heterocycles. The molecular formula is C19H34N2. The Bertz CT molecular complexity index is 386. The van der Waals surface area contributed by atoms with Crippen LogP contribution in [0, 0.1) is 0 Å². The molecule has 1 unspecified atom stereocenters. The number of allylic oxidation sites excluding steroid dienone is 5. The van der Waals surface area contributed by atoms with Crippen molar-refractivity contribution in [3.05, 3.63) is 36.0 Å². The molecule has 1 N–H and O–H groups in total. The van der Waals surface area contributed by atoms with Gasteiger partial charge in [0.05, 0.1) is 0 Å². The molecule has 0 radical (unpaired) electrons. The lowest BCUT2D eigenvalue weighted by Crippen LogP contribution is -2.40. The van der Waals surface area contributed by atoms with Crippen LogP contribution in [0.3, 0.4) is 0 Å². The zero-order chi connectivity index (χ0) is 16.3. The van der Waals surface area contributed by atoms with Crippen LogP contribution in [0.25, 0.3) is 0 Å². The predicted molar refractivity (Wildman–Crippen MR) is 97.3 cm³/mol. The molecule has 2 heteroatoms. The van der Waals surface area contributed by atoms with Gasteiger partial charge in [0.2, 0.25) is 0 Å². The second kappa shape index (κ2) is 11.5. The van der Waals surface area contributed by atoms with E-state index in [4.69, 9.17) is 0 Å². The zero-order valence-corrected chi connectivity index (χ0v) is 14.9. The maximum Gasteiger partial charge on any atom is 0.0453 e. The molecule has 0 aromatic rings. The first-order valence-corrected chi connectivity index (χ1v) is 8.25. The zero-order valence-electron chi connectivity index (χ0n) is 14.9. The minimum absolute atomic E-state index is 0.344. The minimum Gasteiger partial charge on any atom is -0.307 e. The van der Waals surface area contributed by atoms with Crippen LogP contribution in [0.15, 0.2) is 40.9 Å². The molecule has 0 aliphatic carbocycles. The highest BCUT2D eigenvalue weighted by Gasteiger charge is 2.16. The lowest BCUT2D eigenvalue weighted by molar-refractivity contribution is 0.528. The Balaban J connectivity index is 4.91. The maximum atomic E-state index is 4.51. The van der Waals surface area contributed by atoms with Crippen molar-refractivity contribution in [2.75, 3.05) is 7.05 Å². The Hall–Kier alpha value is -1.15. The summed E-state index contributed by atoms with van der Waals surface area (Å²) >= 11 is 0. The second-order valence-electron chi connectivity index (χ2n) is 5.66. The highest BCUT2D eigenvalue weighted by molar-refractivity contribution is 5.92. The summed E-state index contributed by atoms with van der Waals surface area (Å²) in [7, 11) is 1.89. The van der Waals surface area contributed by atoms with Crippen molar-refractivity contribution >= 4 is 5.71 Å². The topological polar surface area (TPSA) is 24.4 Å². The third kappa shape index (κ3) is 8.01. The highest BCUT2D eigenvalue weighted by Crippen LogP contribution is 2.18. The Morgan fingerprint density at radius 3 is 2.33 bits per heavy atom. The van der Waals surface area contributed by atoms with E-state index in [2.05, 4.69) is 69.7 Å². The van der Waals surface area contributed by atoms with Crippen LogP contribution in [0.2, 0.25) is 0 Å². The van der Waals surface area contributed by atoms with Gasteiger partial charge >= 0.3 is 0 Å². The Morgan fingerprint density at radius 2 is 1.90 bits per heavy atom. The number of hydrogen-bond donors (Lipinski definition) is 1. The number of nitrogens with zero attached hydrogens (tertiary/aromatic N) is 1. The largest absolute Gasteiger partial charge is 0.307 e. The molecule has 1 atom stereocenters. The van der Waals surface area contributed by atoms with Crippen LogP contribution >= 0.6 is 0 Å². The SMILES string of the molecule is C=C(C/C(=N\C)C(CC)NC(C)C)/C(=C\C=C\CC)CC. The summed E-state index contributed by atoms with van der Waals surface area (Å²) in [5, 5.41) is 3.59. The van der Waals surface area contributed by atoms with Gasteiger partial charge in [0.1, 0.15) is 0 Å². The van der Waals surface area contributed by atoms with Gasteiger partial charge < -0.3 is 5.32 Å². The molecule has 0 bridgehead atoms. The summed E-state index contributed by atoms with van der Waals surface area (Å²) in [6.45, 7) is 15.2. The fraction of sp³-hybridized carbons (Fsp3) is 0.632. The van der Waals surface area contributed by atoms with Crippen LogP contribution in [0.5, 0.6) is 0 Å².